The molecular formula is C18H15ClN4O. The molecule has 0 saturated heterocycles. The standard InChI is InChI=1S/C18H15ClN4O/c1-23-15-9-12(19)7-6-11(15)8-16(23)18(24)20-10-17-21-13-4-2-3-5-14(13)22-17/h2-9H,10H2,1H3,(H,20,24)(H,21,22). The molecule has 0 saturated carbocycles. The molecule has 0 bridgehead atoms. The van der Waals surface area contributed by atoms with Gasteiger partial charge < -0.3 is 14.9 Å². The van der Waals surface area contributed by atoms with Crippen molar-refractivity contribution >= 4 is 39.4 Å². The summed E-state index contributed by atoms with van der Waals surface area (Å²) in [5, 5.41) is 4.54. The summed E-state index contributed by atoms with van der Waals surface area (Å²) in [6.45, 7) is 0.343. The minimum Gasteiger partial charge on any atom is -0.344 e. The fourth-order valence-corrected chi connectivity index (χ4v) is 3.03. The van der Waals surface area contributed by atoms with Crippen LogP contribution in [-0.4, -0.2) is 20.4 Å². The molecule has 120 valence electrons. The average molecular weight is 339 g/mol. The highest BCUT2D eigenvalue weighted by Crippen LogP contribution is 2.22. The maximum atomic E-state index is 12.5. The number of hydrogen-bond acceptors (Lipinski definition) is 2. The van der Waals surface area contributed by atoms with Gasteiger partial charge in [0.15, 0.2) is 0 Å². The van der Waals surface area contributed by atoms with E-state index in [4.69, 9.17) is 11.6 Å². The zero-order chi connectivity index (χ0) is 16.7. The van der Waals surface area contributed by atoms with E-state index in [1.807, 2.05) is 60.1 Å². The third kappa shape index (κ3) is 2.53. The average Bonchev–Trinajstić information content (AvgIpc) is 3.14. The molecule has 1 amide bonds. The Morgan fingerprint density at radius 3 is 2.92 bits per heavy atom. The molecule has 0 aliphatic heterocycles. The molecule has 24 heavy (non-hydrogen) atoms. The van der Waals surface area contributed by atoms with Crippen LogP contribution in [-0.2, 0) is 13.6 Å². The second-order valence-corrected chi connectivity index (χ2v) is 6.11. The Labute approximate surface area is 143 Å². The van der Waals surface area contributed by atoms with Crippen LogP contribution in [0.3, 0.4) is 0 Å². The zero-order valence-corrected chi connectivity index (χ0v) is 13.8. The molecule has 2 aromatic carbocycles. The van der Waals surface area contributed by atoms with E-state index in [9.17, 15) is 4.79 Å². The van der Waals surface area contributed by atoms with Gasteiger partial charge in [0.05, 0.1) is 17.6 Å². The first kappa shape index (κ1) is 14.8. The number of aromatic amines is 1. The van der Waals surface area contributed by atoms with Crippen molar-refractivity contribution < 1.29 is 4.79 Å². The van der Waals surface area contributed by atoms with Crippen molar-refractivity contribution in [1.29, 1.82) is 0 Å². The topological polar surface area (TPSA) is 62.7 Å². The number of carbonyl (C=O) groups is 1. The first-order valence-electron chi connectivity index (χ1n) is 7.58. The molecule has 5 nitrogen and oxygen atoms in total. The van der Waals surface area contributed by atoms with E-state index in [1.165, 1.54) is 0 Å². The maximum Gasteiger partial charge on any atom is 0.268 e. The normalized spacial score (nSPS) is 11.2. The lowest BCUT2D eigenvalue weighted by atomic mass is 10.2. The van der Waals surface area contributed by atoms with Gasteiger partial charge in [-0.15, -0.1) is 0 Å². The predicted octanol–water partition coefficient (Wildman–Crippen LogP) is 3.64. The van der Waals surface area contributed by atoms with E-state index in [2.05, 4.69) is 15.3 Å². The number of nitrogens with one attached hydrogen (secondary N) is 2. The summed E-state index contributed by atoms with van der Waals surface area (Å²) < 4.78 is 1.84. The van der Waals surface area contributed by atoms with Crippen molar-refractivity contribution in [3.8, 4) is 0 Å². The van der Waals surface area contributed by atoms with Gasteiger partial charge >= 0.3 is 0 Å². The number of H-pyrrole nitrogens is 1. The molecule has 0 aliphatic carbocycles. The van der Waals surface area contributed by atoms with Crippen LogP contribution < -0.4 is 5.32 Å². The first-order valence-corrected chi connectivity index (χ1v) is 7.96. The van der Waals surface area contributed by atoms with Gasteiger partial charge in [-0.25, -0.2) is 4.98 Å². The van der Waals surface area contributed by atoms with Crippen molar-refractivity contribution in [2.24, 2.45) is 7.05 Å². The molecule has 0 spiro atoms. The third-order valence-corrected chi connectivity index (χ3v) is 4.33. The van der Waals surface area contributed by atoms with E-state index in [0.717, 1.165) is 27.8 Å². The summed E-state index contributed by atoms with van der Waals surface area (Å²) >= 11 is 6.03. The van der Waals surface area contributed by atoms with Gasteiger partial charge in [-0.2, -0.15) is 0 Å². The number of benzene rings is 2. The number of hydrogen-bond donors (Lipinski definition) is 2. The molecule has 2 heterocycles. The predicted molar refractivity (Wildman–Crippen MR) is 95.2 cm³/mol. The minimum absolute atomic E-state index is 0.148. The van der Waals surface area contributed by atoms with Crippen LogP contribution in [0.4, 0.5) is 0 Å². The molecule has 0 atom stereocenters. The molecule has 0 aliphatic rings. The molecule has 4 aromatic rings. The Kier molecular flexibility index (Phi) is 3.50. The van der Waals surface area contributed by atoms with Gasteiger partial charge in [-0.1, -0.05) is 29.8 Å². The van der Waals surface area contributed by atoms with E-state index in [0.29, 0.717) is 17.3 Å². The highest BCUT2D eigenvalue weighted by Gasteiger charge is 2.14. The zero-order valence-electron chi connectivity index (χ0n) is 13.0. The number of amides is 1. The molecule has 6 heteroatoms. The Balaban J connectivity index is 1.56. The van der Waals surface area contributed by atoms with Crippen LogP contribution in [0.1, 0.15) is 16.3 Å². The third-order valence-electron chi connectivity index (χ3n) is 4.09. The van der Waals surface area contributed by atoms with Crippen LogP contribution in [0.2, 0.25) is 5.02 Å². The lowest BCUT2D eigenvalue weighted by molar-refractivity contribution is 0.0942. The number of carbonyl (C=O) groups excluding carboxylic acids is 1. The van der Waals surface area contributed by atoms with Crippen molar-refractivity contribution in [3.63, 3.8) is 0 Å². The van der Waals surface area contributed by atoms with Crippen LogP contribution in [0.15, 0.2) is 48.5 Å². The van der Waals surface area contributed by atoms with E-state index in [-0.39, 0.29) is 5.91 Å². The number of aromatic nitrogens is 3. The number of imidazole rings is 1. The molecular weight excluding hydrogens is 324 g/mol. The molecule has 4 rings (SSSR count). The van der Waals surface area contributed by atoms with Gasteiger partial charge in [-0.05, 0) is 30.3 Å². The summed E-state index contributed by atoms with van der Waals surface area (Å²) in [6, 6.07) is 15.2. The van der Waals surface area contributed by atoms with Crippen molar-refractivity contribution in [1.82, 2.24) is 19.9 Å². The Morgan fingerprint density at radius 1 is 1.25 bits per heavy atom. The first-order chi connectivity index (χ1) is 11.6. The van der Waals surface area contributed by atoms with Crippen LogP contribution in [0.25, 0.3) is 21.9 Å². The number of fused-ring (bicyclic) bond motifs is 2. The summed E-state index contributed by atoms with van der Waals surface area (Å²) in [7, 11) is 1.86. The summed E-state index contributed by atoms with van der Waals surface area (Å²) in [5.74, 6) is 0.580. The van der Waals surface area contributed by atoms with Gasteiger partial charge in [0, 0.05) is 23.0 Å². The lowest BCUT2D eigenvalue weighted by Gasteiger charge is -2.05. The fraction of sp³-hybridized carbons (Fsp3) is 0.111. The van der Waals surface area contributed by atoms with Crippen molar-refractivity contribution in [3.05, 3.63) is 65.1 Å². The van der Waals surface area contributed by atoms with E-state index >= 15 is 0 Å². The number of para-hydroxylation sites is 2. The second-order valence-electron chi connectivity index (χ2n) is 5.68. The van der Waals surface area contributed by atoms with Gasteiger partial charge in [0.25, 0.3) is 5.91 Å². The second kappa shape index (κ2) is 5.69. The van der Waals surface area contributed by atoms with Crippen molar-refractivity contribution in [2.75, 3.05) is 0 Å². The van der Waals surface area contributed by atoms with Crippen molar-refractivity contribution in [2.45, 2.75) is 6.54 Å². The quantitative estimate of drug-likeness (QED) is 0.599. The smallest absolute Gasteiger partial charge is 0.268 e. The largest absolute Gasteiger partial charge is 0.344 e. The molecule has 0 unspecified atom stereocenters. The fourth-order valence-electron chi connectivity index (χ4n) is 2.87. The molecule has 0 fully saturated rings. The summed E-state index contributed by atoms with van der Waals surface area (Å²) in [4.78, 5) is 20.2. The van der Waals surface area contributed by atoms with Crippen LogP contribution in [0.5, 0.6) is 0 Å². The SMILES string of the molecule is Cn1c(C(=O)NCc2nc3ccccc3[nH]2)cc2ccc(Cl)cc21. The summed E-state index contributed by atoms with van der Waals surface area (Å²) in [6.07, 6.45) is 0. The van der Waals surface area contributed by atoms with Gasteiger partial charge in [0.2, 0.25) is 0 Å². The maximum absolute atomic E-state index is 12.5. The van der Waals surface area contributed by atoms with Crippen LogP contribution >= 0.6 is 11.6 Å². The Bertz CT molecular complexity index is 1030. The number of aryl methyl sites for hydroxylation is 1. The summed E-state index contributed by atoms with van der Waals surface area (Å²) in [5.41, 5.74) is 3.36. The van der Waals surface area contributed by atoms with E-state index < -0.39 is 0 Å². The number of halogens is 1. The van der Waals surface area contributed by atoms with E-state index in [1.54, 1.807) is 0 Å². The Hall–Kier alpha value is -2.79. The molecule has 2 N–H and O–H groups in total. The van der Waals surface area contributed by atoms with Crippen LogP contribution in [0, 0.1) is 0 Å². The van der Waals surface area contributed by atoms with Gasteiger partial charge in [0.1, 0.15) is 11.5 Å². The molecule has 2 aromatic heterocycles. The molecule has 0 radical (unpaired) electrons. The lowest BCUT2D eigenvalue weighted by Crippen LogP contribution is -2.25. The monoisotopic (exact) mass is 338 g/mol. The number of rotatable bonds is 3. The van der Waals surface area contributed by atoms with Gasteiger partial charge in [-0.3, -0.25) is 4.79 Å². The highest BCUT2D eigenvalue weighted by atomic mass is 35.5. The number of nitrogens with zero attached hydrogens (tertiary/aromatic N) is 2. The minimum atomic E-state index is -0.148. The Morgan fingerprint density at radius 2 is 2.08 bits per heavy atom. The highest BCUT2D eigenvalue weighted by molar-refractivity contribution is 6.31.